The number of anilines is 6. The van der Waals surface area contributed by atoms with E-state index in [0.717, 1.165) is 0 Å². The molecule has 2 heteroatoms. The summed E-state index contributed by atoms with van der Waals surface area (Å²) in [7, 11) is 0. The van der Waals surface area contributed by atoms with Crippen LogP contribution in [0.25, 0.3) is 32.3 Å². The van der Waals surface area contributed by atoms with Crippen molar-refractivity contribution in [3.8, 4) is 0 Å². The summed E-state index contributed by atoms with van der Waals surface area (Å²) in [5.74, 6) is 2.93. The molecule has 2 fully saturated rings. The molecule has 0 heterocycles. The van der Waals surface area contributed by atoms with E-state index in [0.29, 0.717) is 35.5 Å². The Morgan fingerprint density at radius 1 is 0.333 bits per heavy atom. The molecule has 8 aromatic rings. The molecular formula is C64H72N2. The zero-order chi connectivity index (χ0) is 45.6. The molecule has 2 saturated carbocycles. The van der Waals surface area contributed by atoms with E-state index in [9.17, 15) is 0 Å². The van der Waals surface area contributed by atoms with Gasteiger partial charge in [0.15, 0.2) is 0 Å². The van der Waals surface area contributed by atoms with Crippen LogP contribution in [-0.4, -0.2) is 0 Å². The summed E-state index contributed by atoms with van der Waals surface area (Å²) in [5.41, 5.74) is 15.8. The van der Waals surface area contributed by atoms with E-state index < -0.39 is 0 Å². The Kier molecular flexibility index (Phi) is 12.5. The van der Waals surface area contributed by atoms with Gasteiger partial charge in [0.05, 0.1) is 11.4 Å². The van der Waals surface area contributed by atoms with Gasteiger partial charge >= 0.3 is 0 Å². The minimum atomic E-state index is 0.329. The van der Waals surface area contributed by atoms with Crippen molar-refractivity contribution >= 4 is 66.4 Å². The van der Waals surface area contributed by atoms with Crippen molar-refractivity contribution in [3.05, 3.63) is 167 Å². The summed E-state index contributed by atoms with van der Waals surface area (Å²) in [6, 6.07) is 53.0. The molecule has 0 atom stereocenters. The second kappa shape index (κ2) is 18.6. The van der Waals surface area contributed by atoms with Gasteiger partial charge in [0, 0.05) is 33.5 Å². The Labute approximate surface area is 396 Å². The molecule has 2 aliphatic rings. The minimum Gasteiger partial charge on any atom is -0.310 e. The third-order valence-electron chi connectivity index (χ3n) is 15.7. The van der Waals surface area contributed by atoms with Gasteiger partial charge in [-0.3, -0.25) is 0 Å². The molecule has 0 bridgehead atoms. The normalized spacial score (nSPS) is 15.4. The molecule has 2 nitrogen and oxygen atoms in total. The van der Waals surface area contributed by atoms with Crippen molar-refractivity contribution in [3.63, 3.8) is 0 Å². The highest BCUT2D eigenvalue weighted by atomic mass is 15.1. The molecule has 8 aromatic carbocycles. The van der Waals surface area contributed by atoms with Gasteiger partial charge in [0.1, 0.15) is 0 Å². The number of nitrogens with zero attached hydrogens (tertiary/aromatic N) is 2. The van der Waals surface area contributed by atoms with Crippen LogP contribution in [0, 0.1) is 0 Å². The molecule has 0 saturated heterocycles. The van der Waals surface area contributed by atoms with E-state index in [2.05, 4.69) is 199 Å². The summed E-state index contributed by atoms with van der Waals surface area (Å²) in [6.45, 7) is 18.7. The fourth-order valence-electron chi connectivity index (χ4n) is 11.9. The second-order valence-corrected chi connectivity index (χ2v) is 21.4. The first kappa shape index (κ1) is 44.2. The molecular weight excluding hydrogens is 797 g/mol. The number of hydrogen-bond donors (Lipinski definition) is 0. The van der Waals surface area contributed by atoms with Crippen LogP contribution in [0.1, 0.15) is 188 Å². The molecule has 0 unspecified atom stereocenters. The molecule has 2 aliphatic carbocycles. The van der Waals surface area contributed by atoms with Gasteiger partial charge in [-0.1, -0.05) is 167 Å². The second-order valence-electron chi connectivity index (χ2n) is 21.4. The predicted octanol–water partition coefficient (Wildman–Crippen LogP) is 20.1. The zero-order valence-corrected chi connectivity index (χ0v) is 41.1. The first-order valence-corrected chi connectivity index (χ1v) is 25.8. The largest absolute Gasteiger partial charge is 0.310 e. The minimum absolute atomic E-state index is 0.329. The Hall–Kier alpha value is -5.60. The maximum absolute atomic E-state index is 2.56. The zero-order valence-electron chi connectivity index (χ0n) is 41.1. The van der Waals surface area contributed by atoms with E-state index in [1.165, 1.54) is 164 Å². The van der Waals surface area contributed by atoms with E-state index in [-0.39, 0.29) is 0 Å². The molecule has 0 N–H and O–H groups in total. The van der Waals surface area contributed by atoms with Crippen molar-refractivity contribution in [2.75, 3.05) is 9.80 Å². The van der Waals surface area contributed by atoms with Gasteiger partial charge in [0.2, 0.25) is 0 Å². The van der Waals surface area contributed by atoms with Gasteiger partial charge < -0.3 is 9.80 Å². The summed E-state index contributed by atoms with van der Waals surface area (Å²) in [5, 5.41) is 8.07. The standard InChI is InChI=1S/C64H72N2/c1-41(2)45-19-27-51(28-20-45)65(53-31-23-49(24-32-53)47-15-11-9-12-16-47)61-39-59(43(5)6)55-36-38-58-62(40-60(44(7)8)56-35-37-57(61)63(55)64(56)58)66(52-29-21-46(22-30-52)42(3)4)54-33-25-50(26-34-54)48-17-13-10-14-18-48/h19-44,47-48H,9-18H2,1-8H3. The molecule has 10 rings (SSSR count). The van der Waals surface area contributed by atoms with Crippen LogP contribution in [0.4, 0.5) is 34.1 Å². The first-order chi connectivity index (χ1) is 32.0. The van der Waals surface area contributed by atoms with E-state index in [1.54, 1.807) is 0 Å². The maximum Gasteiger partial charge on any atom is 0.0543 e. The van der Waals surface area contributed by atoms with Crippen molar-refractivity contribution < 1.29 is 0 Å². The highest BCUT2D eigenvalue weighted by molar-refractivity contribution is 6.29. The third kappa shape index (κ3) is 8.28. The molecule has 0 aromatic heterocycles. The molecule has 66 heavy (non-hydrogen) atoms. The number of hydrogen-bond acceptors (Lipinski definition) is 2. The fourth-order valence-corrected chi connectivity index (χ4v) is 11.9. The first-order valence-electron chi connectivity index (χ1n) is 25.8. The Balaban J connectivity index is 1.22. The summed E-state index contributed by atoms with van der Waals surface area (Å²) in [4.78, 5) is 5.13. The predicted molar refractivity (Wildman–Crippen MR) is 288 cm³/mol. The van der Waals surface area contributed by atoms with Crippen LogP contribution in [0.3, 0.4) is 0 Å². The Morgan fingerprint density at radius 3 is 0.939 bits per heavy atom. The van der Waals surface area contributed by atoms with Crippen LogP contribution in [0.2, 0.25) is 0 Å². The third-order valence-corrected chi connectivity index (χ3v) is 15.7. The smallest absolute Gasteiger partial charge is 0.0543 e. The van der Waals surface area contributed by atoms with Gasteiger partial charge in [-0.2, -0.15) is 0 Å². The van der Waals surface area contributed by atoms with Gasteiger partial charge in [-0.25, -0.2) is 0 Å². The molecule has 0 radical (unpaired) electrons. The fraction of sp³-hybridized carbons (Fsp3) is 0.375. The van der Waals surface area contributed by atoms with Gasteiger partial charge in [-0.05, 0) is 177 Å². The summed E-state index contributed by atoms with van der Waals surface area (Å²) in [6.07, 6.45) is 13.3. The maximum atomic E-state index is 2.56. The SMILES string of the molecule is CC(C)c1ccc(N(c2ccc(C3CCCCC3)cc2)c2cc(C(C)C)c3ccc4c(N(c5ccc(C(C)C)cc5)c5ccc(C6CCCCC6)cc5)cc(C(C)C)c5ccc2c3c54)cc1. The molecule has 0 aliphatic heterocycles. The lowest BCUT2D eigenvalue weighted by Crippen LogP contribution is -2.13. The van der Waals surface area contributed by atoms with Crippen LogP contribution >= 0.6 is 0 Å². The van der Waals surface area contributed by atoms with E-state index in [4.69, 9.17) is 0 Å². The molecule has 0 amide bonds. The van der Waals surface area contributed by atoms with Crippen molar-refractivity contribution in [1.82, 2.24) is 0 Å². The van der Waals surface area contributed by atoms with E-state index in [1.807, 2.05) is 0 Å². The topological polar surface area (TPSA) is 6.48 Å². The summed E-state index contributed by atoms with van der Waals surface area (Å²) < 4.78 is 0. The monoisotopic (exact) mass is 869 g/mol. The lowest BCUT2D eigenvalue weighted by Gasteiger charge is -2.32. The lowest BCUT2D eigenvalue weighted by molar-refractivity contribution is 0.443. The van der Waals surface area contributed by atoms with Crippen LogP contribution in [0.15, 0.2) is 133 Å². The molecule has 0 spiro atoms. The van der Waals surface area contributed by atoms with Crippen molar-refractivity contribution in [2.45, 2.75) is 155 Å². The lowest BCUT2D eigenvalue weighted by atomic mass is 9.83. The van der Waals surface area contributed by atoms with Crippen molar-refractivity contribution in [1.29, 1.82) is 0 Å². The Bertz CT molecular complexity index is 2700. The van der Waals surface area contributed by atoms with Crippen LogP contribution < -0.4 is 9.80 Å². The number of rotatable bonds is 12. The number of benzene rings is 8. The van der Waals surface area contributed by atoms with Gasteiger partial charge in [-0.15, -0.1) is 0 Å². The summed E-state index contributed by atoms with van der Waals surface area (Å²) >= 11 is 0. The van der Waals surface area contributed by atoms with Crippen molar-refractivity contribution in [2.24, 2.45) is 0 Å². The van der Waals surface area contributed by atoms with Gasteiger partial charge in [0.25, 0.3) is 0 Å². The average molecular weight is 869 g/mol. The Morgan fingerprint density at radius 2 is 0.636 bits per heavy atom. The average Bonchev–Trinajstić information content (AvgIpc) is 3.35. The van der Waals surface area contributed by atoms with Crippen LogP contribution in [0.5, 0.6) is 0 Å². The quantitative estimate of drug-likeness (QED) is 0.113. The highest BCUT2D eigenvalue weighted by Gasteiger charge is 2.27. The molecule has 338 valence electrons. The van der Waals surface area contributed by atoms with Crippen LogP contribution in [-0.2, 0) is 0 Å². The highest BCUT2D eigenvalue weighted by Crippen LogP contribution is 2.51. The van der Waals surface area contributed by atoms with E-state index >= 15 is 0 Å².